The van der Waals surface area contributed by atoms with E-state index in [9.17, 15) is 110 Å². The fourth-order valence-corrected chi connectivity index (χ4v) is 2.68. The van der Waals surface area contributed by atoms with Crippen LogP contribution in [0.2, 0.25) is 0 Å². The Labute approximate surface area is 188 Å². The second-order valence-corrected chi connectivity index (χ2v) is 7.06. The lowest BCUT2D eigenvalue weighted by atomic mass is 9.83. The molecule has 0 amide bonds. The molecule has 1 rings (SSSR count). The van der Waals surface area contributed by atoms with Gasteiger partial charge in [-0.15, -0.1) is 4.90 Å². The van der Waals surface area contributed by atoms with Crippen LogP contribution in [-0.4, -0.2) is 76.6 Å². The molecular formula is C12F25N. The summed E-state index contributed by atoms with van der Waals surface area (Å²) in [5, 5.41) is 0. The molecule has 0 aliphatic carbocycles. The number of piperidine rings is 1. The molecule has 26 heteroatoms. The van der Waals surface area contributed by atoms with Crippen molar-refractivity contribution in [1.82, 2.24) is 4.90 Å². The molecule has 0 N–H and O–H groups in total. The summed E-state index contributed by atoms with van der Waals surface area (Å²) in [4.78, 5) is -5.28. The van der Waals surface area contributed by atoms with Crippen molar-refractivity contribution in [1.29, 1.82) is 0 Å². The lowest BCUT2D eigenvalue weighted by Gasteiger charge is -2.54. The number of halogens is 25. The van der Waals surface area contributed by atoms with Gasteiger partial charge in [0, 0.05) is 0 Å². The van der Waals surface area contributed by atoms with E-state index in [2.05, 4.69) is 0 Å². The van der Waals surface area contributed by atoms with Crippen LogP contribution in [0.3, 0.4) is 0 Å². The summed E-state index contributed by atoms with van der Waals surface area (Å²) in [5.41, 5.74) is -9.51. The SMILES string of the molecule is FC(F)(F)C(F)(F)C(F)(C(F)(F)F)C(F)(F)C(F)(F)C(F)(F)N1C(F)(F)C(F)(F)C(F)(F)C(F)(F)C1(F)F. The fraction of sp³-hybridized carbons (Fsp3) is 1.00. The van der Waals surface area contributed by atoms with Gasteiger partial charge in [-0.25, -0.2) is 4.39 Å². The number of rotatable bonds is 5. The molecule has 38 heavy (non-hydrogen) atoms. The van der Waals surface area contributed by atoms with E-state index in [-0.39, 0.29) is 0 Å². The molecule has 1 aliphatic heterocycles. The van der Waals surface area contributed by atoms with Crippen LogP contribution in [0.4, 0.5) is 110 Å². The summed E-state index contributed by atoms with van der Waals surface area (Å²) in [7, 11) is 0. The van der Waals surface area contributed by atoms with Crippen molar-refractivity contribution in [3.63, 3.8) is 0 Å². The Kier molecular flexibility index (Phi) is 6.93. The van der Waals surface area contributed by atoms with Gasteiger partial charge in [0.1, 0.15) is 0 Å². The first kappa shape index (κ1) is 34.2. The van der Waals surface area contributed by atoms with Gasteiger partial charge < -0.3 is 0 Å². The van der Waals surface area contributed by atoms with Crippen molar-refractivity contribution >= 4 is 0 Å². The maximum atomic E-state index is 13.9. The lowest BCUT2D eigenvalue weighted by molar-refractivity contribution is -0.557. The number of hydrogen-bond donors (Lipinski definition) is 0. The minimum absolute atomic E-state index is 5.28. The average molecular weight is 633 g/mol. The Morgan fingerprint density at radius 2 is 0.632 bits per heavy atom. The van der Waals surface area contributed by atoms with Gasteiger partial charge in [-0.3, -0.25) is 0 Å². The molecule has 1 fully saturated rings. The number of hydrogen-bond acceptors (Lipinski definition) is 1. The van der Waals surface area contributed by atoms with Crippen molar-refractivity contribution in [2.24, 2.45) is 0 Å². The fourth-order valence-electron chi connectivity index (χ4n) is 2.68. The van der Waals surface area contributed by atoms with Crippen LogP contribution < -0.4 is 0 Å². The third-order valence-electron chi connectivity index (χ3n) is 4.77. The van der Waals surface area contributed by atoms with E-state index in [0.29, 0.717) is 0 Å². The highest BCUT2D eigenvalue weighted by molar-refractivity contribution is 5.22. The number of likely N-dealkylation sites (tertiary alicyclic amines) is 1. The standard InChI is InChI=1S/C12F25N/c13-1(8(26,27)28,3(16,17)9(29,30)31)2(14,15)5(20,21)10(32,33)38-11(34,35)6(22,23)4(18,19)7(24,25)12(38,36)37. The molecule has 0 aromatic carbocycles. The highest BCUT2D eigenvalue weighted by Crippen LogP contribution is 2.70. The third-order valence-corrected chi connectivity index (χ3v) is 4.77. The maximum Gasteiger partial charge on any atom is 0.457 e. The summed E-state index contributed by atoms with van der Waals surface area (Å²) in [5.74, 6) is -53.7. The molecule has 1 heterocycles. The molecule has 1 unspecified atom stereocenters. The quantitative estimate of drug-likeness (QED) is 0.222. The van der Waals surface area contributed by atoms with Crippen molar-refractivity contribution in [3.8, 4) is 0 Å². The van der Waals surface area contributed by atoms with Crippen LogP contribution in [0.25, 0.3) is 0 Å². The number of alkyl halides is 25. The molecule has 1 saturated heterocycles. The van der Waals surface area contributed by atoms with Crippen LogP contribution in [0.1, 0.15) is 0 Å². The first-order valence-corrected chi connectivity index (χ1v) is 7.90. The highest BCUT2D eigenvalue weighted by atomic mass is 19.4. The molecule has 1 atom stereocenters. The van der Waals surface area contributed by atoms with Crippen LogP contribution in [0, 0.1) is 0 Å². The predicted molar refractivity (Wildman–Crippen MR) is 62.3 cm³/mol. The first-order chi connectivity index (χ1) is 15.9. The maximum absolute atomic E-state index is 13.9. The van der Waals surface area contributed by atoms with E-state index in [1.807, 2.05) is 0 Å². The van der Waals surface area contributed by atoms with Gasteiger partial charge in [-0.05, 0) is 0 Å². The molecule has 228 valence electrons. The largest absolute Gasteiger partial charge is 0.457 e. The molecule has 0 aromatic rings. The first-order valence-electron chi connectivity index (χ1n) is 7.90. The summed E-state index contributed by atoms with van der Waals surface area (Å²) in [6.07, 6.45) is -17.4. The van der Waals surface area contributed by atoms with Crippen molar-refractivity contribution in [2.75, 3.05) is 0 Å². The summed E-state index contributed by atoms with van der Waals surface area (Å²) in [6, 6.07) is -26.8. The van der Waals surface area contributed by atoms with Crippen LogP contribution in [-0.2, 0) is 0 Å². The summed E-state index contributed by atoms with van der Waals surface area (Å²) >= 11 is 0. The second-order valence-electron chi connectivity index (χ2n) is 7.06. The molecule has 0 radical (unpaired) electrons. The average Bonchev–Trinajstić information content (AvgIpc) is 2.62. The molecule has 1 nitrogen and oxygen atoms in total. The topological polar surface area (TPSA) is 3.24 Å². The summed E-state index contributed by atoms with van der Waals surface area (Å²) in [6.45, 7) is 0. The third kappa shape index (κ3) is 3.34. The normalized spacial score (nSPS) is 26.1. The van der Waals surface area contributed by atoms with Crippen molar-refractivity contribution in [2.45, 2.75) is 71.7 Å². The van der Waals surface area contributed by atoms with Crippen LogP contribution in [0.15, 0.2) is 0 Å². The molecule has 0 spiro atoms. The Bertz CT molecular complexity index is 890. The van der Waals surface area contributed by atoms with Gasteiger partial charge in [0.25, 0.3) is 0 Å². The van der Waals surface area contributed by atoms with Gasteiger partial charge in [0.2, 0.25) is 0 Å². The van der Waals surface area contributed by atoms with E-state index >= 15 is 0 Å². The Morgan fingerprint density at radius 1 is 0.342 bits per heavy atom. The zero-order chi connectivity index (χ0) is 31.6. The smallest absolute Gasteiger partial charge is 0.219 e. The van der Waals surface area contributed by atoms with Crippen molar-refractivity contribution < 1.29 is 110 Å². The van der Waals surface area contributed by atoms with E-state index < -0.39 is 76.6 Å². The molecule has 1 aliphatic rings. The predicted octanol–water partition coefficient (Wildman–Crippen LogP) is 7.73. The Balaban J connectivity index is 4.22. The zero-order valence-corrected chi connectivity index (χ0v) is 15.9. The molecular weight excluding hydrogens is 633 g/mol. The second kappa shape index (κ2) is 7.69. The van der Waals surface area contributed by atoms with Crippen LogP contribution in [0.5, 0.6) is 0 Å². The van der Waals surface area contributed by atoms with Gasteiger partial charge >= 0.3 is 71.7 Å². The molecule has 0 aromatic heterocycles. The Hall–Kier alpha value is -1.79. The van der Waals surface area contributed by atoms with Gasteiger partial charge in [-0.1, -0.05) is 0 Å². The minimum Gasteiger partial charge on any atom is -0.219 e. The zero-order valence-electron chi connectivity index (χ0n) is 15.9. The Morgan fingerprint density at radius 3 is 0.868 bits per heavy atom. The van der Waals surface area contributed by atoms with E-state index in [1.54, 1.807) is 0 Å². The van der Waals surface area contributed by atoms with Gasteiger partial charge in [0.15, 0.2) is 0 Å². The van der Waals surface area contributed by atoms with Gasteiger partial charge in [0.05, 0.1) is 0 Å². The van der Waals surface area contributed by atoms with E-state index in [4.69, 9.17) is 0 Å². The highest BCUT2D eigenvalue weighted by Gasteiger charge is 3.02. The van der Waals surface area contributed by atoms with Crippen LogP contribution >= 0.6 is 0 Å². The lowest BCUT2D eigenvalue weighted by Crippen LogP contribution is -2.87. The minimum atomic E-state index is -9.70. The van der Waals surface area contributed by atoms with Crippen molar-refractivity contribution in [3.05, 3.63) is 0 Å². The molecule has 0 bridgehead atoms. The van der Waals surface area contributed by atoms with Gasteiger partial charge in [-0.2, -0.15) is 105 Å². The monoisotopic (exact) mass is 633 g/mol. The van der Waals surface area contributed by atoms with E-state index in [1.165, 1.54) is 0 Å². The van der Waals surface area contributed by atoms with E-state index in [0.717, 1.165) is 0 Å². The summed E-state index contributed by atoms with van der Waals surface area (Å²) < 4.78 is 330. The molecule has 0 saturated carbocycles. The number of nitrogens with zero attached hydrogens (tertiary/aromatic N) is 1.